The summed E-state index contributed by atoms with van der Waals surface area (Å²) in [6, 6.07) is 5.84. The first kappa shape index (κ1) is 17.6. The Balaban J connectivity index is 1.68. The van der Waals surface area contributed by atoms with Crippen LogP contribution >= 0.6 is 0 Å². The average molecular weight is 367 g/mol. The van der Waals surface area contributed by atoms with Crippen molar-refractivity contribution in [2.24, 2.45) is 5.92 Å². The highest BCUT2D eigenvalue weighted by Crippen LogP contribution is 2.41. The molecule has 1 aliphatic rings. The predicted octanol–water partition coefficient (Wildman–Crippen LogP) is 4.87. The quantitative estimate of drug-likeness (QED) is 0.675. The van der Waals surface area contributed by atoms with E-state index in [1.54, 1.807) is 0 Å². The van der Waals surface area contributed by atoms with E-state index in [-0.39, 0.29) is 11.9 Å². The second-order valence-electron chi connectivity index (χ2n) is 7.28. The fourth-order valence-electron chi connectivity index (χ4n) is 3.60. The van der Waals surface area contributed by atoms with E-state index >= 15 is 0 Å². The number of rotatable bonds is 6. The Hall–Kier alpha value is -2.76. The molecule has 0 aliphatic heterocycles. The van der Waals surface area contributed by atoms with Gasteiger partial charge in [0.2, 0.25) is 0 Å². The van der Waals surface area contributed by atoms with Crippen molar-refractivity contribution in [3.63, 3.8) is 0 Å². The lowest BCUT2D eigenvalue weighted by molar-refractivity contribution is 0.102. The standard InChI is InChI=1S/C21H25N3O3/c1-5-26-16-8-9-18-17(10-16)19(14(4)27-18)21(25)23-20-12(2)11-22-24(20)13(3)15-6-7-15/h8-11,13,15H,5-7H2,1-4H3,(H,23,25)/t13-/m1/s1. The molecule has 0 saturated heterocycles. The van der Waals surface area contributed by atoms with E-state index in [1.807, 2.05) is 49.8 Å². The number of anilines is 1. The number of nitrogens with one attached hydrogen (secondary N) is 1. The van der Waals surface area contributed by atoms with Gasteiger partial charge in [-0.2, -0.15) is 5.10 Å². The highest BCUT2D eigenvalue weighted by Gasteiger charge is 2.31. The highest BCUT2D eigenvalue weighted by atomic mass is 16.5. The molecule has 0 bridgehead atoms. The van der Waals surface area contributed by atoms with Crippen LogP contribution in [0.25, 0.3) is 11.0 Å². The smallest absolute Gasteiger partial charge is 0.260 e. The first-order valence-electron chi connectivity index (χ1n) is 9.51. The Bertz CT molecular complexity index is 998. The van der Waals surface area contributed by atoms with Gasteiger partial charge >= 0.3 is 0 Å². The third-order valence-corrected chi connectivity index (χ3v) is 5.27. The van der Waals surface area contributed by atoms with Crippen LogP contribution in [0.2, 0.25) is 0 Å². The zero-order valence-electron chi connectivity index (χ0n) is 16.2. The minimum atomic E-state index is -0.187. The fourth-order valence-corrected chi connectivity index (χ4v) is 3.60. The molecule has 2 heterocycles. The maximum atomic E-state index is 13.1. The minimum Gasteiger partial charge on any atom is -0.494 e. The van der Waals surface area contributed by atoms with Gasteiger partial charge < -0.3 is 14.5 Å². The second kappa shape index (κ2) is 6.76. The number of nitrogens with zero attached hydrogens (tertiary/aromatic N) is 2. The van der Waals surface area contributed by atoms with Gasteiger partial charge in [-0.1, -0.05) is 0 Å². The molecule has 0 unspecified atom stereocenters. The van der Waals surface area contributed by atoms with Gasteiger partial charge in [0.1, 0.15) is 22.9 Å². The van der Waals surface area contributed by atoms with Gasteiger partial charge in [-0.25, -0.2) is 4.68 Å². The van der Waals surface area contributed by atoms with Crippen molar-refractivity contribution in [2.45, 2.75) is 46.6 Å². The summed E-state index contributed by atoms with van der Waals surface area (Å²) in [7, 11) is 0. The van der Waals surface area contributed by atoms with Crippen molar-refractivity contribution in [1.82, 2.24) is 9.78 Å². The van der Waals surface area contributed by atoms with E-state index < -0.39 is 0 Å². The average Bonchev–Trinajstić information content (AvgIpc) is 3.35. The van der Waals surface area contributed by atoms with E-state index in [0.29, 0.717) is 29.4 Å². The number of furan rings is 1. The Morgan fingerprint density at radius 2 is 2.19 bits per heavy atom. The summed E-state index contributed by atoms with van der Waals surface area (Å²) in [5.74, 6) is 2.53. The number of carbonyl (C=O) groups is 1. The molecule has 2 aromatic heterocycles. The minimum absolute atomic E-state index is 0.187. The van der Waals surface area contributed by atoms with Crippen LogP contribution in [0, 0.1) is 19.8 Å². The number of amides is 1. The first-order chi connectivity index (χ1) is 13.0. The van der Waals surface area contributed by atoms with Crippen LogP contribution in [0.4, 0.5) is 5.82 Å². The van der Waals surface area contributed by atoms with Crippen LogP contribution < -0.4 is 10.1 Å². The van der Waals surface area contributed by atoms with Crippen molar-refractivity contribution in [3.05, 3.63) is 41.3 Å². The van der Waals surface area contributed by atoms with Crippen LogP contribution in [0.5, 0.6) is 5.75 Å². The lowest BCUT2D eigenvalue weighted by atomic mass is 10.1. The molecule has 1 atom stereocenters. The third kappa shape index (κ3) is 3.20. The molecule has 6 heteroatoms. The topological polar surface area (TPSA) is 69.3 Å². The maximum Gasteiger partial charge on any atom is 0.260 e. The van der Waals surface area contributed by atoms with Crippen molar-refractivity contribution in [1.29, 1.82) is 0 Å². The van der Waals surface area contributed by atoms with Gasteiger partial charge in [-0.3, -0.25) is 4.79 Å². The van der Waals surface area contributed by atoms with E-state index in [2.05, 4.69) is 17.3 Å². The van der Waals surface area contributed by atoms with E-state index in [0.717, 1.165) is 22.5 Å². The Morgan fingerprint density at radius 1 is 1.41 bits per heavy atom. The van der Waals surface area contributed by atoms with E-state index in [1.165, 1.54) is 12.8 Å². The summed E-state index contributed by atoms with van der Waals surface area (Å²) in [6.07, 6.45) is 4.25. The molecule has 0 radical (unpaired) electrons. The summed E-state index contributed by atoms with van der Waals surface area (Å²) in [6.45, 7) is 8.44. The van der Waals surface area contributed by atoms with Crippen LogP contribution in [0.1, 0.15) is 54.4 Å². The Labute approximate surface area is 158 Å². The summed E-state index contributed by atoms with van der Waals surface area (Å²) < 4.78 is 13.3. The van der Waals surface area contributed by atoms with Crippen molar-refractivity contribution in [3.8, 4) is 5.75 Å². The molecule has 6 nitrogen and oxygen atoms in total. The van der Waals surface area contributed by atoms with Gasteiger partial charge in [0.25, 0.3) is 5.91 Å². The lowest BCUT2D eigenvalue weighted by Gasteiger charge is -2.16. The van der Waals surface area contributed by atoms with Crippen molar-refractivity contribution < 1.29 is 13.9 Å². The number of aromatic nitrogens is 2. The van der Waals surface area contributed by atoms with Gasteiger partial charge in [0.15, 0.2) is 0 Å². The third-order valence-electron chi connectivity index (χ3n) is 5.27. The number of benzene rings is 1. The zero-order chi connectivity index (χ0) is 19.1. The molecule has 1 aromatic carbocycles. The molecule has 27 heavy (non-hydrogen) atoms. The molecule has 1 amide bonds. The van der Waals surface area contributed by atoms with Gasteiger partial charge in [0.05, 0.1) is 24.4 Å². The first-order valence-corrected chi connectivity index (χ1v) is 9.51. The molecule has 1 N–H and O–H groups in total. The number of aryl methyl sites for hydroxylation is 2. The van der Waals surface area contributed by atoms with Gasteiger partial charge in [-0.05, 0) is 64.7 Å². The van der Waals surface area contributed by atoms with Crippen molar-refractivity contribution in [2.75, 3.05) is 11.9 Å². The number of hydrogen-bond donors (Lipinski definition) is 1. The molecule has 0 spiro atoms. The summed E-state index contributed by atoms with van der Waals surface area (Å²) in [5.41, 5.74) is 2.17. The molecule has 1 aliphatic carbocycles. The summed E-state index contributed by atoms with van der Waals surface area (Å²) in [5, 5.41) is 8.32. The Kier molecular flexibility index (Phi) is 4.42. The van der Waals surface area contributed by atoms with Gasteiger partial charge in [0, 0.05) is 10.9 Å². The van der Waals surface area contributed by atoms with Crippen molar-refractivity contribution >= 4 is 22.7 Å². The summed E-state index contributed by atoms with van der Waals surface area (Å²) >= 11 is 0. The molecule has 4 rings (SSSR count). The number of carbonyl (C=O) groups excluding carboxylic acids is 1. The number of fused-ring (bicyclic) bond motifs is 1. The zero-order valence-corrected chi connectivity index (χ0v) is 16.2. The molecular formula is C21H25N3O3. The molecular weight excluding hydrogens is 342 g/mol. The SMILES string of the molecule is CCOc1ccc2oc(C)c(C(=O)Nc3c(C)cnn3[C@H](C)C3CC3)c2c1. The Morgan fingerprint density at radius 3 is 2.89 bits per heavy atom. The second-order valence-corrected chi connectivity index (χ2v) is 7.28. The highest BCUT2D eigenvalue weighted by molar-refractivity contribution is 6.13. The van der Waals surface area contributed by atoms with Crippen LogP contribution in [-0.4, -0.2) is 22.3 Å². The van der Waals surface area contributed by atoms with Crippen LogP contribution in [0.15, 0.2) is 28.8 Å². The van der Waals surface area contributed by atoms with E-state index in [4.69, 9.17) is 9.15 Å². The van der Waals surface area contributed by atoms with Gasteiger partial charge in [-0.15, -0.1) is 0 Å². The number of hydrogen-bond acceptors (Lipinski definition) is 4. The van der Waals surface area contributed by atoms with Crippen LogP contribution in [0.3, 0.4) is 0 Å². The molecule has 3 aromatic rings. The predicted molar refractivity (Wildman–Crippen MR) is 104 cm³/mol. The molecule has 1 saturated carbocycles. The lowest BCUT2D eigenvalue weighted by Crippen LogP contribution is -2.19. The molecule has 142 valence electrons. The fraction of sp³-hybridized carbons (Fsp3) is 0.429. The maximum absolute atomic E-state index is 13.1. The monoisotopic (exact) mass is 367 g/mol. The normalized spacial score (nSPS) is 15.1. The van der Waals surface area contributed by atoms with Crippen LogP contribution in [-0.2, 0) is 0 Å². The largest absolute Gasteiger partial charge is 0.494 e. The molecule has 1 fully saturated rings. The number of ether oxygens (including phenoxy) is 1. The van der Waals surface area contributed by atoms with E-state index in [9.17, 15) is 4.79 Å². The summed E-state index contributed by atoms with van der Waals surface area (Å²) in [4.78, 5) is 13.1.